The van der Waals surface area contributed by atoms with Gasteiger partial charge >= 0.3 is 5.97 Å². The Balaban J connectivity index is 2.38. The molecule has 0 bridgehead atoms. The van der Waals surface area contributed by atoms with Crippen molar-refractivity contribution in [1.29, 1.82) is 0 Å². The van der Waals surface area contributed by atoms with Gasteiger partial charge in [-0.15, -0.1) is 0 Å². The molecule has 0 radical (unpaired) electrons. The van der Waals surface area contributed by atoms with Gasteiger partial charge in [0.25, 0.3) is 0 Å². The van der Waals surface area contributed by atoms with Gasteiger partial charge < -0.3 is 14.3 Å². The quantitative estimate of drug-likeness (QED) is 0.507. The van der Waals surface area contributed by atoms with Crippen LogP contribution in [0.1, 0.15) is 5.76 Å². The molecule has 0 saturated carbocycles. The molecule has 1 heterocycles. The fourth-order valence-electron chi connectivity index (χ4n) is 1.60. The predicted molar refractivity (Wildman–Crippen MR) is 68.5 cm³/mol. The third-order valence-electron chi connectivity index (χ3n) is 2.40. The number of aliphatic carboxylic acids is 1. The standard InChI is InChI=1S/C12H9N3O5/c13-15-14-5-8-4-10(16)9-3-7(19-6-12(17)18)1-2-11(9)20-8/h1-4H,5-6H2,(H,17,18). The number of ether oxygens (including phenoxy) is 1. The van der Waals surface area contributed by atoms with E-state index in [-0.39, 0.29) is 28.9 Å². The van der Waals surface area contributed by atoms with Crippen LogP contribution in [0.15, 0.2) is 38.6 Å². The molecule has 8 heteroatoms. The van der Waals surface area contributed by atoms with Crippen LogP contribution in [0, 0.1) is 0 Å². The maximum atomic E-state index is 11.9. The first-order valence-corrected chi connectivity index (χ1v) is 5.52. The van der Waals surface area contributed by atoms with E-state index in [2.05, 4.69) is 10.0 Å². The summed E-state index contributed by atoms with van der Waals surface area (Å²) in [7, 11) is 0. The van der Waals surface area contributed by atoms with Crippen molar-refractivity contribution in [3.63, 3.8) is 0 Å². The Hall–Kier alpha value is -2.99. The zero-order valence-electron chi connectivity index (χ0n) is 10.1. The van der Waals surface area contributed by atoms with E-state index < -0.39 is 12.6 Å². The van der Waals surface area contributed by atoms with Crippen LogP contribution < -0.4 is 10.2 Å². The Labute approximate surface area is 111 Å². The molecule has 0 aliphatic carbocycles. The lowest BCUT2D eigenvalue weighted by atomic mass is 10.2. The molecule has 20 heavy (non-hydrogen) atoms. The monoisotopic (exact) mass is 275 g/mol. The minimum absolute atomic E-state index is 0.0566. The first kappa shape index (κ1) is 13.4. The molecule has 0 atom stereocenters. The van der Waals surface area contributed by atoms with Gasteiger partial charge in [-0.2, -0.15) is 0 Å². The molecule has 0 saturated heterocycles. The fourth-order valence-corrected chi connectivity index (χ4v) is 1.60. The predicted octanol–water partition coefficient (Wildman–Crippen LogP) is 2.07. The second-order valence-electron chi connectivity index (χ2n) is 3.81. The molecular formula is C12H9N3O5. The Kier molecular flexibility index (Phi) is 3.88. The van der Waals surface area contributed by atoms with Crippen LogP contribution in [0.2, 0.25) is 0 Å². The molecule has 1 aromatic heterocycles. The molecule has 8 nitrogen and oxygen atoms in total. The minimum atomic E-state index is -1.11. The highest BCUT2D eigenvalue weighted by atomic mass is 16.5. The van der Waals surface area contributed by atoms with Crippen molar-refractivity contribution in [3.8, 4) is 5.75 Å². The van der Waals surface area contributed by atoms with Gasteiger partial charge in [0.15, 0.2) is 12.0 Å². The minimum Gasteiger partial charge on any atom is -0.482 e. The van der Waals surface area contributed by atoms with Crippen LogP contribution in [0.4, 0.5) is 0 Å². The van der Waals surface area contributed by atoms with Gasteiger partial charge in [0.05, 0.1) is 11.9 Å². The lowest BCUT2D eigenvalue weighted by molar-refractivity contribution is -0.139. The van der Waals surface area contributed by atoms with Crippen molar-refractivity contribution in [1.82, 2.24) is 0 Å². The second kappa shape index (κ2) is 5.77. The summed E-state index contributed by atoms with van der Waals surface area (Å²) in [6.45, 7) is -0.551. The van der Waals surface area contributed by atoms with Crippen LogP contribution in [0.5, 0.6) is 5.75 Å². The number of azide groups is 1. The molecule has 2 aromatic rings. The number of rotatable bonds is 5. The van der Waals surface area contributed by atoms with E-state index in [1.165, 1.54) is 24.3 Å². The highest BCUT2D eigenvalue weighted by molar-refractivity contribution is 5.78. The maximum absolute atomic E-state index is 11.9. The van der Waals surface area contributed by atoms with E-state index >= 15 is 0 Å². The number of benzene rings is 1. The third kappa shape index (κ3) is 3.06. The molecule has 0 spiro atoms. The molecule has 2 rings (SSSR count). The molecule has 0 fully saturated rings. The van der Waals surface area contributed by atoms with Crippen LogP contribution in [0.25, 0.3) is 21.4 Å². The number of fused-ring (bicyclic) bond motifs is 1. The molecule has 0 aliphatic heterocycles. The van der Waals surface area contributed by atoms with Gasteiger partial charge in [0, 0.05) is 11.0 Å². The topological polar surface area (TPSA) is 126 Å². The normalized spacial score (nSPS) is 10.0. The van der Waals surface area contributed by atoms with E-state index in [0.29, 0.717) is 5.58 Å². The van der Waals surface area contributed by atoms with Crippen LogP contribution >= 0.6 is 0 Å². The number of carboxylic acid groups (broad SMARTS) is 1. The van der Waals surface area contributed by atoms with Crippen molar-refractivity contribution >= 4 is 16.9 Å². The maximum Gasteiger partial charge on any atom is 0.341 e. The van der Waals surface area contributed by atoms with E-state index in [0.717, 1.165) is 0 Å². The molecule has 0 aliphatic rings. The summed E-state index contributed by atoms with van der Waals surface area (Å²) < 4.78 is 10.4. The average Bonchev–Trinajstić information content (AvgIpc) is 2.43. The second-order valence-corrected chi connectivity index (χ2v) is 3.81. The Morgan fingerprint density at radius 2 is 2.25 bits per heavy atom. The molecule has 0 amide bonds. The number of nitrogens with zero attached hydrogens (tertiary/aromatic N) is 3. The van der Waals surface area contributed by atoms with Gasteiger partial charge in [-0.25, -0.2) is 4.79 Å². The zero-order chi connectivity index (χ0) is 14.5. The summed E-state index contributed by atoms with van der Waals surface area (Å²) in [4.78, 5) is 24.9. The average molecular weight is 275 g/mol. The lowest BCUT2D eigenvalue weighted by Gasteiger charge is -2.05. The summed E-state index contributed by atoms with van der Waals surface area (Å²) in [5.41, 5.74) is 8.21. The number of hydrogen-bond donors (Lipinski definition) is 1. The molecule has 1 aromatic carbocycles. The van der Waals surface area contributed by atoms with E-state index in [1.54, 1.807) is 0 Å². The molecule has 102 valence electrons. The van der Waals surface area contributed by atoms with Crippen LogP contribution in [-0.4, -0.2) is 17.7 Å². The Morgan fingerprint density at radius 3 is 2.95 bits per heavy atom. The van der Waals surface area contributed by atoms with Gasteiger partial charge in [-0.3, -0.25) is 4.79 Å². The fraction of sp³-hybridized carbons (Fsp3) is 0.167. The Morgan fingerprint density at radius 1 is 1.45 bits per heavy atom. The summed E-state index contributed by atoms with van der Waals surface area (Å²) in [6.07, 6.45) is 0. The highest BCUT2D eigenvalue weighted by Gasteiger charge is 2.07. The van der Waals surface area contributed by atoms with Crippen LogP contribution in [-0.2, 0) is 11.3 Å². The number of carboxylic acids is 1. The molecule has 1 N–H and O–H groups in total. The highest BCUT2D eigenvalue weighted by Crippen LogP contribution is 2.19. The van der Waals surface area contributed by atoms with Gasteiger partial charge in [0.2, 0.25) is 0 Å². The summed E-state index contributed by atoms with van der Waals surface area (Å²) in [5.74, 6) is -0.601. The molecule has 0 unspecified atom stereocenters. The molecular weight excluding hydrogens is 266 g/mol. The number of carbonyl (C=O) groups is 1. The lowest BCUT2D eigenvalue weighted by Crippen LogP contribution is -2.10. The van der Waals surface area contributed by atoms with Crippen molar-refractivity contribution in [2.75, 3.05) is 6.61 Å². The van der Waals surface area contributed by atoms with E-state index in [9.17, 15) is 9.59 Å². The summed E-state index contributed by atoms with van der Waals surface area (Å²) >= 11 is 0. The zero-order valence-corrected chi connectivity index (χ0v) is 10.1. The van der Waals surface area contributed by atoms with Crippen molar-refractivity contribution < 1.29 is 19.1 Å². The van der Waals surface area contributed by atoms with E-state index in [4.69, 9.17) is 19.8 Å². The van der Waals surface area contributed by atoms with Gasteiger partial charge in [-0.1, -0.05) is 5.11 Å². The first-order chi connectivity index (χ1) is 9.60. The number of hydrogen-bond acceptors (Lipinski definition) is 5. The summed E-state index contributed by atoms with van der Waals surface area (Å²) in [6, 6.07) is 5.61. The Bertz CT molecular complexity index is 761. The van der Waals surface area contributed by atoms with Gasteiger partial charge in [0.1, 0.15) is 17.1 Å². The summed E-state index contributed by atoms with van der Waals surface area (Å²) in [5, 5.41) is 12.1. The van der Waals surface area contributed by atoms with Crippen molar-refractivity contribution in [2.24, 2.45) is 5.11 Å². The van der Waals surface area contributed by atoms with E-state index in [1.807, 2.05) is 0 Å². The van der Waals surface area contributed by atoms with Crippen LogP contribution in [0.3, 0.4) is 0 Å². The third-order valence-corrected chi connectivity index (χ3v) is 2.40. The first-order valence-electron chi connectivity index (χ1n) is 5.52. The smallest absolute Gasteiger partial charge is 0.341 e. The van der Waals surface area contributed by atoms with Gasteiger partial charge in [-0.05, 0) is 23.7 Å². The SMILES string of the molecule is [N-]=[N+]=NCc1cc(=O)c2cc(OCC(=O)O)ccc2o1. The van der Waals surface area contributed by atoms with Crippen molar-refractivity contribution in [2.45, 2.75) is 6.54 Å². The van der Waals surface area contributed by atoms with Crippen molar-refractivity contribution in [3.05, 3.63) is 50.7 Å². The largest absolute Gasteiger partial charge is 0.482 e.